The molecule has 2 aliphatic rings. The first-order valence-corrected chi connectivity index (χ1v) is 9.07. The number of nitrogens with zero attached hydrogens (tertiary/aromatic N) is 2. The molecule has 7 heteroatoms. The molecule has 4 rings (SSSR count). The highest BCUT2D eigenvalue weighted by Gasteiger charge is 2.42. The van der Waals surface area contributed by atoms with Crippen LogP contribution in [0, 0.1) is 0 Å². The summed E-state index contributed by atoms with van der Waals surface area (Å²) in [7, 11) is 1.27. The number of aryl methyl sites for hydroxylation is 1. The van der Waals surface area contributed by atoms with Crippen molar-refractivity contribution < 1.29 is 19.2 Å². The van der Waals surface area contributed by atoms with Crippen molar-refractivity contribution in [3.05, 3.63) is 70.8 Å². The van der Waals surface area contributed by atoms with Crippen LogP contribution in [0.15, 0.2) is 48.5 Å². The van der Waals surface area contributed by atoms with E-state index in [1.54, 1.807) is 24.3 Å². The maximum atomic E-state index is 12.6. The fourth-order valence-electron chi connectivity index (χ4n) is 3.65. The van der Waals surface area contributed by atoms with Crippen LogP contribution in [0.4, 0.5) is 4.79 Å². The van der Waals surface area contributed by atoms with Crippen molar-refractivity contribution in [1.82, 2.24) is 15.1 Å². The summed E-state index contributed by atoms with van der Waals surface area (Å²) in [6.45, 7) is -0.00829. The lowest BCUT2D eigenvalue weighted by molar-refractivity contribution is -0.143. The summed E-state index contributed by atoms with van der Waals surface area (Å²) < 4.78 is 0. The molecule has 1 heterocycles. The fourth-order valence-corrected chi connectivity index (χ4v) is 3.65. The first-order chi connectivity index (χ1) is 13.5. The SMILES string of the molecule is CN1C(=O)C(=O)N(Cc2ccc(C(=O)NC3CCc4ccccc43)cc2)C1=O. The number of carbonyl (C=O) groups excluding carboxylic acids is 4. The van der Waals surface area contributed by atoms with E-state index < -0.39 is 17.8 Å². The van der Waals surface area contributed by atoms with Gasteiger partial charge in [0.2, 0.25) is 0 Å². The Morgan fingerprint density at radius 1 is 1.04 bits per heavy atom. The van der Waals surface area contributed by atoms with Gasteiger partial charge in [0.25, 0.3) is 5.91 Å². The molecule has 1 aliphatic carbocycles. The second-order valence-electron chi connectivity index (χ2n) is 7.00. The third kappa shape index (κ3) is 3.05. The zero-order valence-corrected chi connectivity index (χ0v) is 15.3. The van der Waals surface area contributed by atoms with Crippen molar-refractivity contribution in [3.63, 3.8) is 0 Å². The molecule has 2 aromatic rings. The molecule has 2 aromatic carbocycles. The maximum absolute atomic E-state index is 12.6. The van der Waals surface area contributed by atoms with E-state index in [4.69, 9.17) is 0 Å². The molecule has 28 heavy (non-hydrogen) atoms. The van der Waals surface area contributed by atoms with Gasteiger partial charge in [0, 0.05) is 12.6 Å². The highest BCUT2D eigenvalue weighted by molar-refractivity contribution is 6.44. The average molecular weight is 377 g/mol. The summed E-state index contributed by atoms with van der Waals surface area (Å²) in [5.74, 6) is -1.84. The van der Waals surface area contributed by atoms with Crippen molar-refractivity contribution in [2.45, 2.75) is 25.4 Å². The number of rotatable bonds is 4. The van der Waals surface area contributed by atoms with E-state index >= 15 is 0 Å². The largest absolute Gasteiger partial charge is 0.345 e. The van der Waals surface area contributed by atoms with E-state index in [0.717, 1.165) is 28.2 Å². The van der Waals surface area contributed by atoms with Crippen LogP contribution in [0.25, 0.3) is 0 Å². The second kappa shape index (κ2) is 6.92. The summed E-state index contributed by atoms with van der Waals surface area (Å²) in [6.07, 6.45) is 1.83. The van der Waals surface area contributed by atoms with Crippen molar-refractivity contribution in [2.24, 2.45) is 0 Å². The lowest BCUT2D eigenvalue weighted by atomic mass is 10.1. The lowest BCUT2D eigenvalue weighted by Crippen LogP contribution is -2.31. The van der Waals surface area contributed by atoms with Gasteiger partial charge in [-0.2, -0.15) is 0 Å². The highest BCUT2D eigenvalue weighted by Crippen LogP contribution is 2.30. The van der Waals surface area contributed by atoms with Gasteiger partial charge in [-0.25, -0.2) is 4.79 Å². The number of urea groups is 1. The Labute approximate surface area is 161 Å². The van der Waals surface area contributed by atoms with E-state index in [-0.39, 0.29) is 18.5 Å². The molecule has 5 amide bonds. The molecule has 1 N–H and O–H groups in total. The second-order valence-corrected chi connectivity index (χ2v) is 7.00. The number of likely N-dealkylation sites (N-methyl/N-ethyl adjacent to an activating group) is 1. The zero-order chi connectivity index (χ0) is 19.8. The van der Waals surface area contributed by atoms with E-state index in [0.29, 0.717) is 11.1 Å². The van der Waals surface area contributed by atoms with Crippen LogP contribution < -0.4 is 5.32 Å². The molecule has 0 bridgehead atoms. The lowest BCUT2D eigenvalue weighted by Gasteiger charge is -2.15. The molecule has 1 saturated heterocycles. The van der Waals surface area contributed by atoms with E-state index in [1.165, 1.54) is 12.6 Å². The van der Waals surface area contributed by atoms with Crippen molar-refractivity contribution in [1.29, 1.82) is 0 Å². The van der Waals surface area contributed by atoms with Gasteiger partial charge in [0.05, 0.1) is 12.6 Å². The third-order valence-electron chi connectivity index (χ3n) is 5.25. The van der Waals surface area contributed by atoms with Gasteiger partial charge in [-0.1, -0.05) is 36.4 Å². The van der Waals surface area contributed by atoms with Crippen LogP contribution in [0.1, 0.15) is 39.5 Å². The number of hydrogen-bond donors (Lipinski definition) is 1. The smallest absolute Gasteiger partial charge is 0.334 e. The quantitative estimate of drug-likeness (QED) is 0.652. The number of fused-ring (bicyclic) bond motifs is 1. The zero-order valence-electron chi connectivity index (χ0n) is 15.3. The van der Waals surface area contributed by atoms with Gasteiger partial charge in [-0.15, -0.1) is 0 Å². The first-order valence-electron chi connectivity index (χ1n) is 9.07. The molecule has 7 nitrogen and oxygen atoms in total. The van der Waals surface area contributed by atoms with Gasteiger partial charge in [-0.05, 0) is 41.7 Å². The van der Waals surface area contributed by atoms with Gasteiger partial charge >= 0.3 is 17.8 Å². The van der Waals surface area contributed by atoms with E-state index in [1.807, 2.05) is 18.2 Å². The predicted molar refractivity (Wildman–Crippen MR) is 100 cm³/mol. The monoisotopic (exact) mass is 377 g/mol. The minimum Gasteiger partial charge on any atom is -0.345 e. The van der Waals surface area contributed by atoms with Crippen LogP contribution in [0.3, 0.4) is 0 Å². The molecule has 0 aromatic heterocycles. The maximum Gasteiger partial charge on any atom is 0.334 e. The third-order valence-corrected chi connectivity index (χ3v) is 5.25. The minimum absolute atomic E-state index is 0.00442. The molecule has 0 spiro atoms. The Hall–Kier alpha value is -3.48. The standard InChI is InChI=1S/C21H19N3O4/c1-23-19(26)20(27)24(21(23)28)12-13-6-8-15(9-7-13)18(25)22-17-11-10-14-4-2-3-5-16(14)17/h2-9,17H,10-12H2,1H3,(H,22,25). The Morgan fingerprint density at radius 3 is 2.43 bits per heavy atom. The topological polar surface area (TPSA) is 86.8 Å². The normalized spacial score (nSPS) is 18.6. The predicted octanol–water partition coefficient (Wildman–Crippen LogP) is 2.02. The Bertz CT molecular complexity index is 983. The van der Waals surface area contributed by atoms with Crippen LogP contribution in [-0.2, 0) is 22.6 Å². The fraction of sp³-hybridized carbons (Fsp3) is 0.238. The number of imide groups is 2. The van der Waals surface area contributed by atoms with Crippen molar-refractivity contribution in [3.8, 4) is 0 Å². The highest BCUT2D eigenvalue weighted by atomic mass is 16.2. The van der Waals surface area contributed by atoms with E-state index in [9.17, 15) is 19.2 Å². The molecule has 1 fully saturated rings. The Balaban J connectivity index is 1.42. The molecule has 0 radical (unpaired) electrons. The molecule has 1 unspecified atom stereocenters. The van der Waals surface area contributed by atoms with Crippen molar-refractivity contribution >= 4 is 23.8 Å². The minimum atomic E-state index is -0.839. The first kappa shape index (κ1) is 17.9. The number of hydrogen-bond acceptors (Lipinski definition) is 4. The molecular formula is C21H19N3O4. The summed E-state index contributed by atoms with van der Waals surface area (Å²) in [5.41, 5.74) is 3.59. The summed E-state index contributed by atoms with van der Waals surface area (Å²) in [5, 5.41) is 3.06. The van der Waals surface area contributed by atoms with Gasteiger partial charge in [0.15, 0.2) is 0 Å². The number of benzene rings is 2. The van der Waals surface area contributed by atoms with Crippen molar-refractivity contribution in [2.75, 3.05) is 7.05 Å². The summed E-state index contributed by atoms with van der Waals surface area (Å²) in [4.78, 5) is 49.6. The van der Waals surface area contributed by atoms with Crippen LogP contribution in [0.2, 0.25) is 0 Å². The number of carbonyl (C=O) groups is 4. The van der Waals surface area contributed by atoms with Gasteiger partial charge in [-0.3, -0.25) is 24.2 Å². The van der Waals surface area contributed by atoms with Gasteiger partial charge in [0.1, 0.15) is 0 Å². The summed E-state index contributed by atoms with van der Waals surface area (Å²) in [6, 6.07) is 14.1. The van der Waals surface area contributed by atoms with Crippen LogP contribution in [0.5, 0.6) is 0 Å². The van der Waals surface area contributed by atoms with Crippen LogP contribution >= 0.6 is 0 Å². The molecule has 1 aliphatic heterocycles. The Kier molecular flexibility index (Phi) is 4.43. The van der Waals surface area contributed by atoms with E-state index in [2.05, 4.69) is 11.4 Å². The molecule has 1 atom stereocenters. The number of amides is 5. The number of nitrogens with one attached hydrogen (secondary N) is 1. The molecular weight excluding hydrogens is 358 g/mol. The summed E-state index contributed by atoms with van der Waals surface area (Å²) >= 11 is 0. The Morgan fingerprint density at radius 2 is 1.75 bits per heavy atom. The molecule has 142 valence electrons. The molecule has 0 saturated carbocycles. The van der Waals surface area contributed by atoms with Gasteiger partial charge < -0.3 is 5.32 Å². The average Bonchev–Trinajstić information content (AvgIpc) is 3.19. The van der Waals surface area contributed by atoms with Crippen LogP contribution in [-0.4, -0.2) is 40.6 Å².